The zero-order valence-electron chi connectivity index (χ0n) is 21.5. The molecule has 1 fully saturated rings. The van der Waals surface area contributed by atoms with E-state index in [9.17, 15) is 14.4 Å². The summed E-state index contributed by atoms with van der Waals surface area (Å²) in [4.78, 5) is 29.0. The van der Waals surface area contributed by atoms with Crippen molar-refractivity contribution in [2.75, 3.05) is 42.2 Å². The molecule has 0 saturated carbocycles. The number of fused-ring (bicyclic) bond motifs is 1. The van der Waals surface area contributed by atoms with E-state index in [-0.39, 0.29) is 39.1 Å². The Bertz CT molecular complexity index is 1630. The number of nitrogens with one attached hydrogen (secondary N) is 1. The fourth-order valence-electron chi connectivity index (χ4n) is 4.82. The van der Waals surface area contributed by atoms with Crippen molar-refractivity contribution in [1.29, 1.82) is 5.26 Å². The summed E-state index contributed by atoms with van der Waals surface area (Å²) >= 11 is 6.37. The number of rotatable bonds is 6. The Balaban J connectivity index is 1.53. The van der Waals surface area contributed by atoms with Gasteiger partial charge in [-0.05, 0) is 31.5 Å². The molecule has 4 aromatic rings. The van der Waals surface area contributed by atoms with Crippen molar-refractivity contribution in [3.63, 3.8) is 0 Å². The van der Waals surface area contributed by atoms with Crippen LogP contribution in [0.3, 0.4) is 0 Å². The number of hydrogen-bond acceptors (Lipinski definition) is 9. The third kappa shape index (κ3) is 5.21. The van der Waals surface area contributed by atoms with Gasteiger partial charge in [0, 0.05) is 32.7 Å². The monoisotopic (exact) mass is 547 g/mol. The number of nitrogen functional groups attached to an aromatic ring is 1. The molecule has 3 heterocycles. The number of aromatic nitrogens is 4. The van der Waals surface area contributed by atoms with E-state index < -0.39 is 17.4 Å². The normalized spacial score (nSPS) is 14.8. The molecule has 200 valence electrons. The standard InChI is InChI=1S/C27H27ClFN9O/c1-16-19(14-30)24(35-27(31)33-16)32-17(2)25-34-23-21(29)9-8-20(28)22(23)26(39)38(25)37-12-10-36(11-13-37)15-18-6-4-3-5-7-18/h3-9,17H,10-13,15H2,1-2H3,(H3,31,32,33,35). The predicted molar refractivity (Wildman–Crippen MR) is 149 cm³/mol. The van der Waals surface area contributed by atoms with E-state index in [1.165, 1.54) is 22.4 Å². The van der Waals surface area contributed by atoms with Crippen LogP contribution in [0.2, 0.25) is 5.02 Å². The molecular formula is C27H27ClFN9O. The summed E-state index contributed by atoms with van der Waals surface area (Å²) in [6, 6.07) is 14.2. The maximum atomic E-state index is 14.9. The molecule has 1 atom stereocenters. The van der Waals surface area contributed by atoms with Crippen molar-refractivity contribution in [2.24, 2.45) is 0 Å². The topological polar surface area (TPSA) is 129 Å². The quantitative estimate of drug-likeness (QED) is 0.373. The Hall–Kier alpha value is -4.27. The Morgan fingerprint density at radius 1 is 1.13 bits per heavy atom. The minimum absolute atomic E-state index is 0.00238. The second kappa shape index (κ2) is 10.8. The summed E-state index contributed by atoms with van der Waals surface area (Å²) in [5, 5.41) is 14.8. The van der Waals surface area contributed by atoms with E-state index in [2.05, 4.69) is 43.4 Å². The van der Waals surface area contributed by atoms with Gasteiger partial charge in [-0.25, -0.2) is 19.0 Å². The number of piperazine rings is 1. The summed E-state index contributed by atoms with van der Waals surface area (Å²) < 4.78 is 16.3. The van der Waals surface area contributed by atoms with Crippen LogP contribution in [-0.2, 0) is 6.54 Å². The third-order valence-corrected chi connectivity index (χ3v) is 7.08. The molecular weight excluding hydrogens is 521 g/mol. The predicted octanol–water partition coefficient (Wildman–Crippen LogP) is 3.37. The molecule has 3 N–H and O–H groups in total. The first kappa shape index (κ1) is 26.3. The first-order valence-corrected chi connectivity index (χ1v) is 12.9. The number of nitrogens with zero attached hydrogens (tertiary/aromatic N) is 7. The van der Waals surface area contributed by atoms with Gasteiger partial charge < -0.3 is 16.1 Å². The lowest BCUT2D eigenvalue weighted by molar-refractivity contribution is 0.229. The molecule has 39 heavy (non-hydrogen) atoms. The number of hydrogen-bond donors (Lipinski definition) is 2. The van der Waals surface area contributed by atoms with Crippen LogP contribution in [-0.4, -0.2) is 50.7 Å². The zero-order valence-corrected chi connectivity index (χ0v) is 22.3. The van der Waals surface area contributed by atoms with Gasteiger partial charge in [-0.1, -0.05) is 41.9 Å². The minimum atomic E-state index is -0.663. The first-order valence-electron chi connectivity index (χ1n) is 12.5. The highest BCUT2D eigenvalue weighted by Crippen LogP contribution is 2.26. The number of anilines is 2. The van der Waals surface area contributed by atoms with Crippen LogP contribution >= 0.6 is 11.6 Å². The van der Waals surface area contributed by atoms with Crippen molar-refractivity contribution < 1.29 is 4.39 Å². The molecule has 1 aliphatic heterocycles. The van der Waals surface area contributed by atoms with Crippen molar-refractivity contribution in [3.8, 4) is 6.07 Å². The zero-order chi connectivity index (χ0) is 27.7. The van der Waals surface area contributed by atoms with E-state index in [0.29, 0.717) is 31.9 Å². The summed E-state index contributed by atoms with van der Waals surface area (Å²) in [6.07, 6.45) is 0. The highest BCUT2D eigenvalue weighted by atomic mass is 35.5. The molecule has 5 rings (SSSR count). The number of benzene rings is 2. The Labute approximate surface area is 229 Å². The van der Waals surface area contributed by atoms with Gasteiger partial charge in [0.2, 0.25) is 5.95 Å². The number of halogens is 2. The maximum Gasteiger partial charge on any atom is 0.281 e. The molecule has 2 aromatic carbocycles. The molecule has 2 aromatic heterocycles. The Morgan fingerprint density at radius 2 is 1.85 bits per heavy atom. The Morgan fingerprint density at radius 3 is 2.54 bits per heavy atom. The van der Waals surface area contributed by atoms with Gasteiger partial charge in [-0.2, -0.15) is 10.2 Å². The fraction of sp³-hybridized carbons (Fsp3) is 0.296. The van der Waals surface area contributed by atoms with Crippen LogP contribution in [0.15, 0.2) is 47.3 Å². The smallest absolute Gasteiger partial charge is 0.281 e. The molecule has 10 nitrogen and oxygen atoms in total. The van der Waals surface area contributed by atoms with E-state index in [1.54, 1.807) is 13.8 Å². The number of aryl methyl sites for hydroxylation is 1. The van der Waals surface area contributed by atoms with E-state index in [0.717, 1.165) is 6.54 Å². The van der Waals surface area contributed by atoms with E-state index >= 15 is 0 Å². The molecule has 0 amide bonds. The maximum absolute atomic E-state index is 14.9. The van der Waals surface area contributed by atoms with E-state index in [4.69, 9.17) is 17.3 Å². The fourth-order valence-corrected chi connectivity index (χ4v) is 5.05. The lowest BCUT2D eigenvalue weighted by Crippen LogP contribution is -2.55. The highest BCUT2D eigenvalue weighted by molar-refractivity contribution is 6.35. The molecule has 0 radical (unpaired) electrons. The van der Waals surface area contributed by atoms with Crippen LogP contribution in [0.4, 0.5) is 16.2 Å². The van der Waals surface area contributed by atoms with Gasteiger partial charge in [0.05, 0.1) is 22.1 Å². The highest BCUT2D eigenvalue weighted by Gasteiger charge is 2.27. The SMILES string of the molecule is Cc1nc(N)nc(NC(C)c2nc3c(F)ccc(Cl)c3c(=O)n2N2CCN(Cc3ccccc3)CC2)c1C#N. The van der Waals surface area contributed by atoms with Gasteiger partial charge in [-0.3, -0.25) is 9.69 Å². The molecule has 1 aliphatic rings. The molecule has 0 spiro atoms. The van der Waals surface area contributed by atoms with Crippen molar-refractivity contribution in [3.05, 3.63) is 86.3 Å². The van der Waals surface area contributed by atoms with Crippen molar-refractivity contribution in [1.82, 2.24) is 24.5 Å². The molecule has 0 bridgehead atoms. The molecule has 1 unspecified atom stereocenters. The number of nitrogens with two attached hydrogens (primary N) is 1. The van der Waals surface area contributed by atoms with Gasteiger partial charge in [0.15, 0.2) is 5.82 Å². The summed E-state index contributed by atoms with van der Waals surface area (Å²) in [5.74, 6) is -0.198. The minimum Gasteiger partial charge on any atom is -0.368 e. The van der Waals surface area contributed by atoms with Gasteiger partial charge in [-0.15, -0.1) is 0 Å². The van der Waals surface area contributed by atoms with Crippen LogP contribution in [0.25, 0.3) is 10.9 Å². The third-order valence-electron chi connectivity index (χ3n) is 6.77. The van der Waals surface area contributed by atoms with Crippen molar-refractivity contribution >= 4 is 34.3 Å². The number of nitriles is 1. The van der Waals surface area contributed by atoms with Gasteiger partial charge >= 0.3 is 0 Å². The van der Waals surface area contributed by atoms with E-state index in [1.807, 2.05) is 23.2 Å². The summed E-state index contributed by atoms with van der Waals surface area (Å²) in [6.45, 7) is 6.70. The molecule has 0 aliphatic carbocycles. The second-order valence-corrected chi connectivity index (χ2v) is 9.83. The van der Waals surface area contributed by atoms with Gasteiger partial charge in [0.1, 0.15) is 28.8 Å². The largest absolute Gasteiger partial charge is 0.368 e. The Kier molecular flexibility index (Phi) is 7.32. The lowest BCUT2D eigenvalue weighted by atomic mass is 10.2. The van der Waals surface area contributed by atoms with Crippen LogP contribution < -0.4 is 21.6 Å². The summed E-state index contributed by atoms with van der Waals surface area (Å²) in [5.41, 5.74) is 7.08. The molecule has 12 heteroatoms. The van der Waals surface area contributed by atoms with Crippen LogP contribution in [0, 0.1) is 24.1 Å². The van der Waals surface area contributed by atoms with Crippen LogP contribution in [0.1, 0.15) is 35.6 Å². The lowest BCUT2D eigenvalue weighted by Gasteiger charge is -2.38. The van der Waals surface area contributed by atoms with Gasteiger partial charge in [0.25, 0.3) is 5.56 Å². The van der Waals surface area contributed by atoms with Crippen molar-refractivity contribution in [2.45, 2.75) is 26.4 Å². The average Bonchev–Trinajstić information content (AvgIpc) is 2.91. The van der Waals surface area contributed by atoms with Crippen LogP contribution in [0.5, 0.6) is 0 Å². The average molecular weight is 548 g/mol. The second-order valence-electron chi connectivity index (χ2n) is 9.42. The first-order chi connectivity index (χ1) is 18.8. The molecule has 1 saturated heterocycles. The summed E-state index contributed by atoms with van der Waals surface area (Å²) in [7, 11) is 0.